The molecule has 0 aromatic heterocycles. The predicted molar refractivity (Wildman–Crippen MR) is 57.6 cm³/mol. The van der Waals surface area contributed by atoms with Crippen LogP contribution in [-0.4, -0.2) is 54.8 Å². The molecule has 0 bridgehead atoms. The highest BCUT2D eigenvalue weighted by atomic mass is 32.2. The van der Waals surface area contributed by atoms with Gasteiger partial charge in [0.05, 0.1) is 30.9 Å². The van der Waals surface area contributed by atoms with Crippen LogP contribution in [0.4, 0.5) is 0 Å². The first-order chi connectivity index (χ1) is 7.26. The minimum absolute atomic E-state index is 0.287. The van der Waals surface area contributed by atoms with Gasteiger partial charge in [0.1, 0.15) is 0 Å². The second-order valence-corrected chi connectivity index (χ2v) is 6.41. The smallest absolute Gasteiger partial charge is 0.304 e. The lowest BCUT2D eigenvalue weighted by molar-refractivity contribution is -0.136. The maximum atomic E-state index is 11.9. The number of sulfonamides is 1. The molecule has 0 aromatic rings. The maximum absolute atomic E-state index is 11.9. The first kappa shape index (κ1) is 13.4. The summed E-state index contributed by atoms with van der Waals surface area (Å²) in [5.41, 5.74) is -0.602. The monoisotopic (exact) mass is 251 g/mol. The summed E-state index contributed by atoms with van der Waals surface area (Å²) in [7, 11) is -3.51. The third-order valence-corrected chi connectivity index (χ3v) is 4.55. The third-order valence-electron chi connectivity index (χ3n) is 2.48. The van der Waals surface area contributed by atoms with Crippen molar-refractivity contribution in [2.75, 3.05) is 25.5 Å². The number of ether oxygens (including phenoxy) is 1. The molecule has 0 aromatic carbocycles. The number of morpholine rings is 1. The van der Waals surface area contributed by atoms with E-state index in [2.05, 4.69) is 0 Å². The number of rotatable bonds is 4. The van der Waals surface area contributed by atoms with Crippen LogP contribution >= 0.6 is 0 Å². The molecule has 94 valence electrons. The van der Waals surface area contributed by atoms with E-state index in [4.69, 9.17) is 9.84 Å². The van der Waals surface area contributed by atoms with Crippen LogP contribution in [0.1, 0.15) is 20.3 Å². The van der Waals surface area contributed by atoms with Gasteiger partial charge >= 0.3 is 5.97 Å². The largest absolute Gasteiger partial charge is 0.481 e. The molecule has 0 unspecified atom stereocenters. The molecule has 1 saturated heterocycles. The summed E-state index contributed by atoms with van der Waals surface area (Å²) >= 11 is 0. The van der Waals surface area contributed by atoms with Gasteiger partial charge in [-0.05, 0) is 13.8 Å². The summed E-state index contributed by atoms with van der Waals surface area (Å²) < 4.78 is 30.4. The van der Waals surface area contributed by atoms with E-state index in [0.717, 1.165) is 0 Å². The van der Waals surface area contributed by atoms with E-state index >= 15 is 0 Å². The second-order valence-electron chi connectivity index (χ2n) is 4.40. The molecule has 0 saturated carbocycles. The van der Waals surface area contributed by atoms with Crippen LogP contribution in [0.2, 0.25) is 0 Å². The highest BCUT2D eigenvalue weighted by Gasteiger charge is 2.38. The topological polar surface area (TPSA) is 83.9 Å². The van der Waals surface area contributed by atoms with Crippen LogP contribution < -0.4 is 0 Å². The summed E-state index contributed by atoms with van der Waals surface area (Å²) in [6.07, 6.45) is -0.365. The normalized spacial score (nSPS) is 21.9. The Morgan fingerprint density at radius 1 is 1.50 bits per heavy atom. The lowest BCUT2D eigenvalue weighted by Crippen LogP contribution is -2.56. The van der Waals surface area contributed by atoms with Crippen molar-refractivity contribution >= 4 is 16.0 Å². The number of carbonyl (C=O) groups is 1. The van der Waals surface area contributed by atoms with Gasteiger partial charge in [0.2, 0.25) is 10.0 Å². The van der Waals surface area contributed by atoms with E-state index < -0.39 is 21.5 Å². The fourth-order valence-electron chi connectivity index (χ4n) is 1.69. The number of carboxylic acid groups (broad SMARTS) is 1. The molecule has 0 aliphatic carbocycles. The van der Waals surface area contributed by atoms with Gasteiger partial charge < -0.3 is 9.84 Å². The van der Waals surface area contributed by atoms with Crippen molar-refractivity contribution in [1.29, 1.82) is 0 Å². The highest BCUT2D eigenvalue weighted by molar-refractivity contribution is 7.89. The molecule has 0 radical (unpaired) electrons. The van der Waals surface area contributed by atoms with E-state index in [0.29, 0.717) is 13.2 Å². The Balaban J connectivity index is 2.77. The van der Waals surface area contributed by atoms with E-state index in [1.165, 1.54) is 4.31 Å². The van der Waals surface area contributed by atoms with Gasteiger partial charge in [-0.3, -0.25) is 4.79 Å². The summed E-state index contributed by atoms with van der Waals surface area (Å²) in [6.45, 7) is 4.51. The quantitative estimate of drug-likeness (QED) is 0.754. The van der Waals surface area contributed by atoms with Crippen LogP contribution in [-0.2, 0) is 19.6 Å². The lowest BCUT2D eigenvalue weighted by Gasteiger charge is -2.40. The Morgan fingerprint density at radius 2 is 2.12 bits per heavy atom. The zero-order valence-corrected chi connectivity index (χ0v) is 10.3. The number of nitrogens with zero attached hydrogens (tertiary/aromatic N) is 1. The maximum Gasteiger partial charge on any atom is 0.304 e. The zero-order chi connectivity index (χ0) is 12.4. The number of aliphatic carboxylic acids is 1. The minimum Gasteiger partial charge on any atom is -0.481 e. The SMILES string of the molecule is CC1(C)COCCN1S(=O)(=O)CCC(=O)O. The third kappa shape index (κ3) is 3.16. The van der Waals surface area contributed by atoms with Crippen molar-refractivity contribution in [2.24, 2.45) is 0 Å². The Bertz CT molecular complexity index is 362. The van der Waals surface area contributed by atoms with Gasteiger partial charge in [-0.2, -0.15) is 4.31 Å². The molecule has 1 heterocycles. The van der Waals surface area contributed by atoms with Crippen LogP contribution in [0.3, 0.4) is 0 Å². The molecule has 7 heteroatoms. The van der Waals surface area contributed by atoms with E-state index in [1.54, 1.807) is 13.8 Å². The van der Waals surface area contributed by atoms with Crippen molar-refractivity contribution in [3.63, 3.8) is 0 Å². The molecule has 16 heavy (non-hydrogen) atoms. The molecular weight excluding hydrogens is 234 g/mol. The molecule has 1 fully saturated rings. The Kier molecular flexibility index (Phi) is 3.92. The Labute approximate surface area is 95.2 Å². The van der Waals surface area contributed by atoms with E-state index in [9.17, 15) is 13.2 Å². The summed E-state index contributed by atoms with van der Waals surface area (Å²) in [5, 5.41) is 8.50. The molecule has 0 amide bonds. The predicted octanol–water partition coefficient (Wildman–Crippen LogP) is -0.0983. The van der Waals surface area contributed by atoms with Crippen LogP contribution in [0.15, 0.2) is 0 Å². The second kappa shape index (κ2) is 4.68. The van der Waals surface area contributed by atoms with E-state index in [1.807, 2.05) is 0 Å². The molecule has 1 aliphatic rings. The van der Waals surface area contributed by atoms with Crippen molar-refractivity contribution < 1.29 is 23.1 Å². The van der Waals surface area contributed by atoms with Crippen LogP contribution in [0.25, 0.3) is 0 Å². The lowest BCUT2D eigenvalue weighted by atomic mass is 10.1. The molecule has 1 rings (SSSR count). The first-order valence-electron chi connectivity index (χ1n) is 5.06. The summed E-state index contributed by atoms with van der Waals surface area (Å²) in [5.74, 6) is -1.46. The molecule has 0 spiro atoms. The molecule has 6 nitrogen and oxygen atoms in total. The summed E-state index contributed by atoms with van der Waals surface area (Å²) in [6, 6.07) is 0. The van der Waals surface area contributed by atoms with E-state index in [-0.39, 0.29) is 18.7 Å². The van der Waals surface area contributed by atoms with Crippen molar-refractivity contribution in [3.8, 4) is 0 Å². The number of carboxylic acids is 1. The molecule has 1 aliphatic heterocycles. The zero-order valence-electron chi connectivity index (χ0n) is 9.47. The highest BCUT2D eigenvalue weighted by Crippen LogP contribution is 2.23. The van der Waals surface area contributed by atoms with Gasteiger partial charge in [-0.25, -0.2) is 8.42 Å². The van der Waals surface area contributed by atoms with Gasteiger partial charge in [-0.15, -0.1) is 0 Å². The standard InChI is InChI=1S/C9H17NO5S/c1-9(2)7-15-5-4-10(9)16(13,14)6-3-8(11)12/h3-7H2,1-2H3,(H,11,12). The minimum atomic E-state index is -3.51. The Morgan fingerprint density at radius 3 is 2.62 bits per heavy atom. The summed E-state index contributed by atoms with van der Waals surface area (Å²) in [4.78, 5) is 10.4. The van der Waals surface area contributed by atoms with Crippen molar-refractivity contribution in [2.45, 2.75) is 25.8 Å². The number of hydrogen-bond donors (Lipinski definition) is 1. The van der Waals surface area contributed by atoms with Gasteiger partial charge in [0, 0.05) is 6.54 Å². The van der Waals surface area contributed by atoms with Gasteiger partial charge in [0.15, 0.2) is 0 Å². The Hall–Kier alpha value is -0.660. The van der Waals surface area contributed by atoms with Gasteiger partial charge in [0.25, 0.3) is 0 Å². The molecule has 0 atom stereocenters. The average molecular weight is 251 g/mol. The van der Waals surface area contributed by atoms with Crippen LogP contribution in [0.5, 0.6) is 0 Å². The van der Waals surface area contributed by atoms with Gasteiger partial charge in [-0.1, -0.05) is 0 Å². The molecule has 1 N–H and O–H groups in total. The number of hydrogen-bond acceptors (Lipinski definition) is 4. The van der Waals surface area contributed by atoms with Crippen molar-refractivity contribution in [3.05, 3.63) is 0 Å². The molecular formula is C9H17NO5S. The average Bonchev–Trinajstić information content (AvgIpc) is 2.14. The fraction of sp³-hybridized carbons (Fsp3) is 0.889. The fourth-order valence-corrected chi connectivity index (χ4v) is 3.50. The first-order valence-corrected chi connectivity index (χ1v) is 6.67. The van der Waals surface area contributed by atoms with Crippen molar-refractivity contribution in [1.82, 2.24) is 4.31 Å². The van der Waals surface area contributed by atoms with Crippen LogP contribution in [0, 0.1) is 0 Å².